The van der Waals surface area contributed by atoms with E-state index in [-0.39, 0.29) is 6.04 Å². The van der Waals surface area contributed by atoms with Crippen LogP contribution in [0, 0.1) is 6.92 Å². The summed E-state index contributed by atoms with van der Waals surface area (Å²) in [7, 11) is 0. The van der Waals surface area contributed by atoms with Crippen LogP contribution in [-0.2, 0) is 0 Å². The molecule has 2 nitrogen and oxygen atoms in total. The second-order valence-electron chi connectivity index (χ2n) is 3.38. The van der Waals surface area contributed by atoms with Gasteiger partial charge in [-0.1, -0.05) is 5.57 Å². The average molecular weight is 196 g/mol. The molecule has 1 unspecified atom stereocenters. The Morgan fingerprint density at radius 2 is 2.46 bits per heavy atom. The average Bonchev–Trinajstić information content (AvgIpc) is 2.47. The van der Waals surface area contributed by atoms with Crippen LogP contribution in [0.1, 0.15) is 35.7 Å². The highest BCUT2D eigenvalue weighted by Crippen LogP contribution is 2.22. The van der Waals surface area contributed by atoms with Gasteiger partial charge in [0.2, 0.25) is 0 Å². The van der Waals surface area contributed by atoms with E-state index in [1.807, 2.05) is 20.0 Å². The molecule has 13 heavy (non-hydrogen) atoms. The molecule has 0 spiro atoms. The summed E-state index contributed by atoms with van der Waals surface area (Å²) in [6, 6.07) is 0.128. The van der Waals surface area contributed by atoms with Gasteiger partial charge in [-0.05, 0) is 26.7 Å². The van der Waals surface area contributed by atoms with Crippen molar-refractivity contribution < 1.29 is 0 Å². The zero-order valence-corrected chi connectivity index (χ0v) is 9.03. The van der Waals surface area contributed by atoms with E-state index >= 15 is 0 Å². The second-order valence-corrected chi connectivity index (χ2v) is 4.65. The van der Waals surface area contributed by atoms with Gasteiger partial charge in [0, 0.05) is 17.1 Å². The molecule has 3 heteroatoms. The molecule has 1 rings (SSSR count). The van der Waals surface area contributed by atoms with E-state index in [9.17, 15) is 0 Å². The first-order valence-electron chi connectivity index (χ1n) is 4.42. The number of hydrogen-bond donors (Lipinski definition) is 1. The minimum Gasteiger partial charge on any atom is -0.323 e. The first kappa shape index (κ1) is 10.4. The Morgan fingerprint density at radius 1 is 1.77 bits per heavy atom. The van der Waals surface area contributed by atoms with Gasteiger partial charge in [-0.15, -0.1) is 17.9 Å². The second kappa shape index (κ2) is 4.53. The lowest BCUT2D eigenvalue weighted by Gasteiger charge is -2.07. The summed E-state index contributed by atoms with van der Waals surface area (Å²) in [6.07, 6.45) is 3.85. The first-order valence-corrected chi connectivity index (χ1v) is 5.23. The van der Waals surface area contributed by atoms with Crippen LogP contribution in [0.3, 0.4) is 0 Å². The Balaban J connectivity index is 2.48. The van der Waals surface area contributed by atoms with Gasteiger partial charge in [0.25, 0.3) is 0 Å². The maximum atomic E-state index is 5.99. The summed E-state index contributed by atoms with van der Waals surface area (Å²) in [4.78, 5) is 5.36. The Morgan fingerprint density at radius 3 is 2.92 bits per heavy atom. The fraction of sp³-hybridized carbons (Fsp3) is 0.500. The number of hydrogen-bond acceptors (Lipinski definition) is 3. The lowest BCUT2D eigenvalue weighted by Crippen LogP contribution is -2.08. The summed E-state index contributed by atoms with van der Waals surface area (Å²) < 4.78 is 0. The molecule has 0 saturated carbocycles. The van der Waals surface area contributed by atoms with Crippen molar-refractivity contribution in [3.8, 4) is 0 Å². The molecular formula is C10H16N2S. The van der Waals surface area contributed by atoms with Crippen LogP contribution >= 0.6 is 11.3 Å². The number of aromatic nitrogens is 1. The van der Waals surface area contributed by atoms with E-state index in [4.69, 9.17) is 5.73 Å². The van der Waals surface area contributed by atoms with E-state index < -0.39 is 0 Å². The van der Waals surface area contributed by atoms with Crippen molar-refractivity contribution in [1.29, 1.82) is 0 Å². The van der Waals surface area contributed by atoms with Gasteiger partial charge >= 0.3 is 0 Å². The van der Waals surface area contributed by atoms with Crippen LogP contribution in [0.4, 0.5) is 0 Å². The summed E-state index contributed by atoms with van der Waals surface area (Å²) in [5, 5.41) is 1.08. The largest absolute Gasteiger partial charge is 0.323 e. The normalized spacial score (nSPS) is 12.8. The predicted molar refractivity (Wildman–Crippen MR) is 57.8 cm³/mol. The standard InChI is InChI=1S/C10H16N2S/c1-7(2)4-5-9(11)10-6-12-8(3)13-10/h6,9H,1,4-5,11H2,2-3H3. The third-order valence-corrected chi connectivity index (χ3v) is 2.93. The molecule has 72 valence electrons. The lowest BCUT2D eigenvalue weighted by molar-refractivity contribution is 0.658. The zero-order valence-electron chi connectivity index (χ0n) is 8.21. The van der Waals surface area contributed by atoms with E-state index in [1.54, 1.807) is 11.3 Å². The molecule has 2 N–H and O–H groups in total. The third-order valence-electron chi connectivity index (χ3n) is 1.89. The topological polar surface area (TPSA) is 38.9 Å². The highest BCUT2D eigenvalue weighted by Gasteiger charge is 2.08. The van der Waals surface area contributed by atoms with Crippen molar-refractivity contribution in [1.82, 2.24) is 4.98 Å². The fourth-order valence-corrected chi connectivity index (χ4v) is 1.91. The smallest absolute Gasteiger partial charge is 0.0897 e. The van der Waals surface area contributed by atoms with Crippen LogP contribution in [0.2, 0.25) is 0 Å². The quantitative estimate of drug-likeness (QED) is 0.752. The van der Waals surface area contributed by atoms with Crippen LogP contribution < -0.4 is 5.73 Å². The van der Waals surface area contributed by atoms with Gasteiger partial charge in [-0.2, -0.15) is 0 Å². The monoisotopic (exact) mass is 196 g/mol. The zero-order chi connectivity index (χ0) is 9.84. The van der Waals surface area contributed by atoms with Crippen molar-refractivity contribution >= 4 is 11.3 Å². The molecular weight excluding hydrogens is 180 g/mol. The van der Waals surface area contributed by atoms with Gasteiger partial charge in [-0.3, -0.25) is 0 Å². The number of aryl methyl sites for hydroxylation is 1. The molecule has 0 aliphatic rings. The Kier molecular flexibility index (Phi) is 3.63. The predicted octanol–water partition coefficient (Wildman–Crippen LogP) is 2.81. The molecule has 1 aromatic rings. The molecule has 1 heterocycles. The molecule has 0 saturated heterocycles. The molecule has 0 amide bonds. The lowest BCUT2D eigenvalue weighted by atomic mass is 10.1. The highest BCUT2D eigenvalue weighted by atomic mass is 32.1. The Hall–Kier alpha value is -0.670. The Bertz CT molecular complexity index is 291. The van der Waals surface area contributed by atoms with E-state index in [0.29, 0.717) is 0 Å². The molecule has 0 bridgehead atoms. The minimum atomic E-state index is 0.128. The van der Waals surface area contributed by atoms with Crippen LogP contribution in [0.5, 0.6) is 0 Å². The number of rotatable bonds is 4. The van der Waals surface area contributed by atoms with Crippen LogP contribution in [0.25, 0.3) is 0 Å². The van der Waals surface area contributed by atoms with Gasteiger partial charge in [0.15, 0.2) is 0 Å². The highest BCUT2D eigenvalue weighted by molar-refractivity contribution is 7.11. The van der Waals surface area contributed by atoms with Crippen molar-refractivity contribution in [2.24, 2.45) is 5.73 Å². The van der Waals surface area contributed by atoms with Crippen molar-refractivity contribution in [3.05, 3.63) is 28.2 Å². The maximum absolute atomic E-state index is 5.99. The van der Waals surface area contributed by atoms with Crippen molar-refractivity contribution in [3.63, 3.8) is 0 Å². The van der Waals surface area contributed by atoms with E-state index in [0.717, 1.165) is 17.8 Å². The Labute approximate surface area is 83.5 Å². The molecule has 1 aromatic heterocycles. The van der Waals surface area contributed by atoms with Crippen LogP contribution in [0.15, 0.2) is 18.3 Å². The number of nitrogens with zero attached hydrogens (tertiary/aromatic N) is 1. The van der Waals surface area contributed by atoms with Gasteiger partial charge in [0.05, 0.1) is 5.01 Å². The van der Waals surface area contributed by atoms with Gasteiger partial charge in [0.1, 0.15) is 0 Å². The van der Waals surface area contributed by atoms with Gasteiger partial charge < -0.3 is 5.73 Å². The number of nitrogens with two attached hydrogens (primary N) is 1. The molecule has 0 aliphatic carbocycles. The molecule has 0 aliphatic heterocycles. The SMILES string of the molecule is C=C(C)CCC(N)c1cnc(C)s1. The summed E-state index contributed by atoms with van der Waals surface area (Å²) in [5.74, 6) is 0. The molecule has 1 atom stereocenters. The van der Waals surface area contributed by atoms with E-state index in [2.05, 4.69) is 11.6 Å². The number of allylic oxidation sites excluding steroid dienone is 1. The number of thiazole rings is 1. The summed E-state index contributed by atoms with van der Waals surface area (Å²) in [6.45, 7) is 7.89. The molecule has 0 aromatic carbocycles. The van der Waals surface area contributed by atoms with Gasteiger partial charge in [-0.25, -0.2) is 4.98 Å². The first-order chi connectivity index (χ1) is 6.09. The molecule has 0 radical (unpaired) electrons. The fourth-order valence-electron chi connectivity index (χ4n) is 1.09. The van der Waals surface area contributed by atoms with Crippen molar-refractivity contribution in [2.45, 2.75) is 32.7 Å². The molecule has 0 fully saturated rings. The van der Waals surface area contributed by atoms with E-state index in [1.165, 1.54) is 10.5 Å². The summed E-state index contributed by atoms with van der Waals surface area (Å²) in [5.41, 5.74) is 7.18. The summed E-state index contributed by atoms with van der Waals surface area (Å²) >= 11 is 1.68. The maximum Gasteiger partial charge on any atom is 0.0897 e. The minimum absolute atomic E-state index is 0.128. The third kappa shape index (κ3) is 3.28. The van der Waals surface area contributed by atoms with Crippen LogP contribution in [-0.4, -0.2) is 4.98 Å². The van der Waals surface area contributed by atoms with Crippen molar-refractivity contribution in [2.75, 3.05) is 0 Å².